The zero-order chi connectivity index (χ0) is 23.6. The predicted octanol–water partition coefficient (Wildman–Crippen LogP) is 7.39. The number of ketones is 1. The number of fused-ring (bicyclic) bond motifs is 5. The molecule has 1 unspecified atom stereocenters. The standard InChI is InChI=1S/C30H47NO2/c1-21(20-31)10-8-6-4-5-7-9-11-22-18-23-19-24(32)14-16-29(23,2)26-15-17-30(3)25(28(22)26)12-13-27(30)33/h19,21-22,25-28,33H,4-18H2,1-3H3/t21?,22-,25+,26+,27+,28+,29+,30+/m1/s1. The van der Waals surface area contributed by atoms with E-state index in [1.165, 1.54) is 63.4 Å². The Labute approximate surface area is 202 Å². The minimum Gasteiger partial charge on any atom is -0.393 e. The first-order valence-corrected chi connectivity index (χ1v) is 14.1. The molecule has 33 heavy (non-hydrogen) atoms. The number of rotatable bonds is 9. The van der Waals surface area contributed by atoms with Crippen molar-refractivity contribution >= 4 is 5.78 Å². The van der Waals surface area contributed by atoms with Crippen LogP contribution in [-0.2, 0) is 4.79 Å². The lowest BCUT2D eigenvalue weighted by Gasteiger charge is -2.60. The van der Waals surface area contributed by atoms with Crippen LogP contribution >= 0.6 is 0 Å². The Balaban J connectivity index is 1.39. The van der Waals surface area contributed by atoms with Crippen LogP contribution in [0.15, 0.2) is 11.6 Å². The van der Waals surface area contributed by atoms with Gasteiger partial charge in [-0.15, -0.1) is 0 Å². The molecule has 4 aliphatic carbocycles. The van der Waals surface area contributed by atoms with Crippen molar-refractivity contribution in [1.82, 2.24) is 0 Å². The third-order valence-electron chi connectivity index (χ3n) is 10.8. The fourth-order valence-corrected chi connectivity index (χ4v) is 8.60. The molecule has 0 amide bonds. The molecule has 184 valence electrons. The van der Waals surface area contributed by atoms with Crippen molar-refractivity contribution in [1.29, 1.82) is 5.26 Å². The number of hydrogen-bond acceptors (Lipinski definition) is 3. The Morgan fingerprint density at radius 2 is 1.79 bits per heavy atom. The lowest BCUT2D eigenvalue weighted by Crippen LogP contribution is -2.54. The van der Waals surface area contributed by atoms with E-state index in [9.17, 15) is 9.90 Å². The zero-order valence-electron chi connectivity index (χ0n) is 21.5. The minimum absolute atomic E-state index is 0.113. The van der Waals surface area contributed by atoms with Crippen molar-refractivity contribution in [3.8, 4) is 6.07 Å². The largest absolute Gasteiger partial charge is 0.393 e. The number of carbonyl (C=O) groups is 1. The van der Waals surface area contributed by atoms with Gasteiger partial charge in [-0.1, -0.05) is 57.9 Å². The van der Waals surface area contributed by atoms with E-state index < -0.39 is 0 Å². The van der Waals surface area contributed by atoms with Crippen LogP contribution in [0, 0.1) is 51.8 Å². The van der Waals surface area contributed by atoms with Crippen LogP contribution in [0.4, 0.5) is 0 Å². The second-order valence-corrected chi connectivity index (χ2v) is 12.7. The highest BCUT2D eigenvalue weighted by Gasteiger charge is 2.60. The van der Waals surface area contributed by atoms with Crippen molar-refractivity contribution in [2.45, 2.75) is 123 Å². The van der Waals surface area contributed by atoms with Gasteiger partial charge in [0.05, 0.1) is 12.2 Å². The molecule has 8 atom stereocenters. The quantitative estimate of drug-likeness (QED) is 0.370. The molecule has 3 heteroatoms. The highest BCUT2D eigenvalue weighted by molar-refractivity contribution is 5.91. The number of allylic oxidation sites excluding steroid dienone is 1. The molecule has 0 radical (unpaired) electrons. The third kappa shape index (κ3) is 4.84. The normalized spacial score (nSPS) is 40.9. The number of hydrogen-bond donors (Lipinski definition) is 1. The summed E-state index contributed by atoms with van der Waals surface area (Å²) in [5, 5.41) is 19.8. The van der Waals surface area contributed by atoms with Gasteiger partial charge in [-0.05, 0) is 98.9 Å². The molecule has 0 spiro atoms. The fraction of sp³-hybridized carbons (Fsp3) is 0.867. The van der Waals surface area contributed by atoms with Gasteiger partial charge in [0.25, 0.3) is 0 Å². The molecule has 3 fully saturated rings. The smallest absolute Gasteiger partial charge is 0.155 e. The summed E-state index contributed by atoms with van der Waals surface area (Å²) >= 11 is 0. The Kier molecular flexibility index (Phi) is 7.74. The molecule has 0 heterocycles. The molecule has 4 aliphatic rings. The maximum atomic E-state index is 12.3. The van der Waals surface area contributed by atoms with Crippen LogP contribution in [0.25, 0.3) is 0 Å². The van der Waals surface area contributed by atoms with Crippen LogP contribution in [0.5, 0.6) is 0 Å². The SMILES string of the molecule is CC(C#N)CCCCCCCC[C@@H]1CC2=CC(=O)CC[C@]2(C)[C@H]2CC[C@]3(C)[C@@H](O)CC[C@H]3[C@H]12. The maximum Gasteiger partial charge on any atom is 0.155 e. The van der Waals surface area contributed by atoms with Gasteiger partial charge in [-0.25, -0.2) is 0 Å². The van der Waals surface area contributed by atoms with E-state index in [1.807, 2.05) is 13.0 Å². The topological polar surface area (TPSA) is 61.1 Å². The molecule has 0 aromatic heterocycles. The second kappa shape index (κ2) is 10.2. The van der Waals surface area contributed by atoms with Crippen LogP contribution in [0.3, 0.4) is 0 Å². The van der Waals surface area contributed by atoms with Gasteiger partial charge < -0.3 is 5.11 Å². The van der Waals surface area contributed by atoms with Crippen molar-refractivity contribution in [3.05, 3.63) is 11.6 Å². The van der Waals surface area contributed by atoms with E-state index in [-0.39, 0.29) is 22.9 Å². The molecule has 3 nitrogen and oxygen atoms in total. The van der Waals surface area contributed by atoms with E-state index in [2.05, 4.69) is 19.9 Å². The highest BCUT2D eigenvalue weighted by atomic mass is 16.3. The lowest BCUT2D eigenvalue weighted by molar-refractivity contribution is -0.120. The van der Waals surface area contributed by atoms with Crippen LogP contribution in [0.1, 0.15) is 117 Å². The first kappa shape index (κ1) is 25.0. The summed E-state index contributed by atoms with van der Waals surface area (Å²) < 4.78 is 0. The van der Waals surface area contributed by atoms with Crippen molar-refractivity contribution in [2.24, 2.45) is 40.4 Å². The fourth-order valence-electron chi connectivity index (χ4n) is 8.60. The number of unbranched alkanes of at least 4 members (excludes halogenated alkanes) is 5. The average Bonchev–Trinajstić information content (AvgIpc) is 3.10. The van der Waals surface area contributed by atoms with Crippen molar-refractivity contribution in [3.63, 3.8) is 0 Å². The molecule has 0 bridgehead atoms. The third-order valence-corrected chi connectivity index (χ3v) is 10.8. The summed E-state index contributed by atoms with van der Waals surface area (Å²) in [6.45, 7) is 6.88. The first-order chi connectivity index (χ1) is 15.8. The summed E-state index contributed by atoms with van der Waals surface area (Å²) in [6, 6.07) is 2.34. The molecule has 4 rings (SSSR count). The van der Waals surface area contributed by atoms with Gasteiger partial charge in [-0.2, -0.15) is 5.26 Å². The van der Waals surface area contributed by atoms with Crippen molar-refractivity contribution < 1.29 is 9.90 Å². The summed E-state index contributed by atoms with van der Waals surface area (Å²) in [5.41, 5.74) is 1.80. The summed E-state index contributed by atoms with van der Waals surface area (Å²) in [6.07, 6.45) is 19.4. The van der Waals surface area contributed by atoms with E-state index in [0.717, 1.165) is 44.4 Å². The number of aliphatic hydroxyl groups is 1. The number of nitrogens with zero attached hydrogens (tertiary/aromatic N) is 1. The van der Waals surface area contributed by atoms with Gasteiger partial charge in [0.15, 0.2) is 5.78 Å². The number of carbonyl (C=O) groups excluding carboxylic acids is 1. The molecular formula is C30H47NO2. The van der Waals surface area contributed by atoms with Gasteiger partial charge in [-0.3, -0.25) is 4.79 Å². The molecule has 0 aromatic carbocycles. The predicted molar refractivity (Wildman–Crippen MR) is 133 cm³/mol. The summed E-state index contributed by atoms with van der Waals surface area (Å²) in [4.78, 5) is 12.3. The average molecular weight is 454 g/mol. The minimum atomic E-state index is -0.120. The Morgan fingerprint density at radius 1 is 1.06 bits per heavy atom. The molecule has 0 saturated heterocycles. The summed E-state index contributed by atoms with van der Waals surface area (Å²) in [5.74, 6) is 3.32. The monoisotopic (exact) mass is 453 g/mol. The van der Waals surface area contributed by atoms with Crippen LogP contribution in [0.2, 0.25) is 0 Å². The summed E-state index contributed by atoms with van der Waals surface area (Å²) in [7, 11) is 0. The van der Waals surface area contributed by atoms with Gasteiger partial charge in [0.1, 0.15) is 0 Å². The maximum absolute atomic E-state index is 12.3. The Bertz CT molecular complexity index is 781. The van der Waals surface area contributed by atoms with Gasteiger partial charge in [0.2, 0.25) is 0 Å². The van der Waals surface area contributed by atoms with Gasteiger partial charge in [0, 0.05) is 12.3 Å². The zero-order valence-corrected chi connectivity index (χ0v) is 21.5. The van der Waals surface area contributed by atoms with Gasteiger partial charge >= 0.3 is 0 Å². The molecule has 3 saturated carbocycles. The number of nitriles is 1. The van der Waals surface area contributed by atoms with E-state index in [0.29, 0.717) is 23.5 Å². The molecule has 0 aliphatic heterocycles. The van der Waals surface area contributed by atoms with E-state index in [4.69, 9.17) is 5.26 Å². The first-order valence-electron chi connectivity index (χ1n) is 14.1. The number of aliphatic hydroxyl groups excluding tert-OH is 1. The Morgan fingerprint density at radius 3 is 2.55 bits per heavy atom. The highest BCUT2D eigenvalue weighted by Crippen LogP contribution is 2.67. The second-order valence-electron chi connectivity index (χ2n) is 12.7. The molecule has 0 aromatic rings. The molecule has 1 N–H and O–H groups in total. The lowest BCUT2D eigenvalue weighted by atomic mass is 9.44. The van der Waals surface area contributed by atoms with E-state index >= 15 is 0 Å². The van der Waals surface area contributed by atoms with Crippen LogP contribution < -0.4 is 0 Å². The van der Waals surface area contributed by atoms with Crippen LogP contribution in [-0.4, -0.2) is 17.0 Å². The van der Waals surface area contributed by atoms with Crippen molar-refractivity contribution in [2.75, 3.05) is 0 Å². The van der Waals surface area contributed by atoms with E-state index in [1.54, 1.807) is 0 Å². The Hall–Kier alpha value is -1.14. The molecular weight excluding hydrogens is 406 g/mol.